The molecule has 0 bridgehead atoms. The lowest BCUT2D eigenvalue weighted by Crippen LogP contribution is -2.36. The number of nitrogens with zero attached hydrogens (tertiary/aromatic N) is 4. The maximum atomic E-state index is 11.9. The first-order chi connectivity index (χ1) is 16.1. The normalized spacial score (nSPS) is 21.2. The molecule has 1 N–H and O–H groups in total. The van der Waals surface area contributed by atoms with Crippen LogP contribution in [-0.2, 0) is 11.8 Å². The van der Waals surface area contributed by atoms with E-state index in [0.29, 0.717) is 24.9 Å². The molecule has 4 rings (SSSR count). The van der Waals surface area contributed by atoms with E-state index in [1.165, 1.54) is 0 Å². The molecule has 1 aliphatic carbocycles. The average Bonchev–Trinajstić information content (AvgIpc) is 2.83. The third-order valence-corrected chi connectivity index (χ3v) is 6.29. The summed E-state index contributed by atoms with van der Waals surface area (Å²) in [4.78, 5) is 23.0. The Balaban J connectivity index is 1.45. The summed E-state index contributed by atoms with van der Waals surface area (Å²) in [6.45, 7) is 8.78. The largest absolute Gasteiger partial charge is 0.488 e. The molecule has 0 amide bonds. The van der Waals surface area contributed by atoms with Gasteiger partial charge in [0.1, 0.15) is 11.4 Å². The number of anilines is 2. The van der Waals surface area contributed by atoms with Crippen molar-refractivity contribution in [2.45, 2.75) is 44.8 Å². The number of rotatable bonds is 7. The Morgan fingerprint density at radius 1 is 1.18 bits per heavy atom. The molecule has 1 saturated carbocycles. The highest BCUT2D eigenvalue weighted by atomic mass is 16.5. The number of ether oxygens (including phenoxy) is 2. The quantitative estimate of drug-likeness (QED) is 0.642. The molecular formula is C25H33N5O3. The monoisotopic (exact) mass is 451 g/mol. The molecule has 176 valence electrons. The Kier molecular flexibility index (Phi) is 7.44. The Morgan fingerprint density at radius 3 is 2.61 bits per heavy atom. The lowest BCUT2D eigenvalue weighted by atomic mass is 9.92. The van der Waals surface area contributed by atoms with Crippen molar-refractivity contribution < 1.29 is 9.47 Å². The van der Waals surface area contributed by atoms with Gasteiger partial charge in [0.05, 0.1) is 25.0 Å². The summed E-state index contributed by atoms with van der Waals surface area (Å²) in [6, 6.07) is 8.03. The van der Waals surface area contributed by atoms with Crippen molar-refractivity contribution in [2.24, 2.45) is 17.0 Å². The highest BCUT2D eigenvalue weighted by molar-refractivity contribution is 5.80. The molecule has 8 heteroatoms. The van der Waals surface area contributed by atoms with Crippen LogP contribution in [0, 0.1) is 0 Å². The van der Waals surface area contributed by atoms with E-state index in [1.54, 1.807) is 30.1 Å². The topological polar surface area (TPSA) is 80.5 Å². The fourth-order valence-electron chi connectivity index (χ4n) is 4.45. The van der Waals surface area contributed by atoms with Crippen molar-refractivity contribution >= 4 is 35.7 Å². The van der Waals surface area contributed by atoms with Gasteiger partial charge in [0.25, 0.3) is 5.56 Å². The Hall–Kier alpha value is -3.13. The minimum absolute atomic E-state index is 0.00725. The standard InChI is InChI=1S/C25H33N5O3/c1-4-27-22-16-20(30-11-13-32-14-12-30)17-23(25(22)26-2)33-21-7-5-18(6-8-21)28-19-9-10-29(3)24(31)15-19/h4,9-10,15-18,21,28H,2,5-8,11-14H2,1,3H3/b27-4-/t18-,21+. The van der Waals surface area contributed by atoms with E-state index in [1.807, 2.05) is 19.1 Å². The fraction of sp³-hybridized carbons (Fsp3) is 0.480. The van der Waals surface area contributed by atoms with Crippen LogP contribution in [0.3, 0.4) is 0 Å². The second kappa shape index (κ2) is 10.7. The third-order valence-electron chi connectivity index (χ3n) is 6.29. The van der Waals surface area contributed by atoms with Crippen LogP contribution in [0.15, 0.2) is 45.2 Å². The molecule has 2 fully saturated rings. The van der Waals surface area contributed by atoms with Crippen molar-refractivity contribution in [1.29, 1.82) is 0 Å². The summed E-state index contributed by atoms with van der Waals surface area (Å²) in [6.07, 6.45) is 7.46. The maximum absolute atomic E-state index is 11.9. The lowest BCUT2D eigenvalue weighted by Gasteiger charge is -2.32. The Morgan fingerprint density at radius 2 is 1.94 bits per heavy atom. The summed E-state index contributed by atoms with van der Waals surface area (Å²) in [5.41, 5.74) is 3.40. The smallest absolute Gasteiger partial charge is 0.252 e. The maximum Gasteiger partial charge on any atom is 0.252 e. The fourth-order valence-corrected chi connectivity index (χ4v) is 4.45. The van der Waals surface area contributed by atoms with Crippen LogP contribution < -0.4 is 20.5 Å². The summed E-state index contributed by atoms with van der Waals surface area (Å²) < 4.78 is 13.6. The third kappa shape index (κ3) is 5.63. The average molecular weight is 452 g/mol. The zero-order chi connectivity index (χ0) is 23.2. The van der Waals surface area contributed by atoms with Gasteiger partial charge in [0.15, 0.2) is 0 Å². The van der Waals surface area contributed by atoms with Gasteiger partial charge in [-0.3, -0.25) is 14.8 Å². The van der Waals surface area contributed by atoms with Gasteiger partial charge in [-0.2, -0.15) is 0 Å². The molecule has 33 heavy (non-hydrogen) atoms. The number of hydrogen-bond acceptors (Lipinski definition) is 7. The number of hydrogen-bond donors (Lipinski definition) is 1. The summed E-state index contributed by atoms with van der Waals surface area (Å²) in [5.74, 6) is 0.734. The predicted octanol–water partition coefficient (Wildman–Crippen LogP) is 4.08. The number of aryl methyl sites for hydroxylation is 1. The molecule has 8 nitrogen and oxygen atoms in total. The summed E-state index contributed by atoms with van der Waals surface area (Å²) in [7, 11) is 1.76. The summed E-state index contributed by atoms with van der Waals surface area (Å²) >= 11 is 0. The van der Waals surface area contributed by atoms with E-state index in [4.69, 9.17) is 9.47 Å². The number of pyridine rings is 1. The van der Waals surface area contributed by atoms with Gasteiger partial charge in [-0.05, 0) is 51.5 Å². The van der Waals surface area contributed by atoms with Crippen molar-refractivity contribution in [2.75, 3.05) is 36.5 Å². The predicted molar refractivity (Wildman–Crippen MR) is 134 cm³/mol. The molecule has 0 radical (unpaired) electrons. The van der Waals surface area contributed by atoms with Crippen molar-refractivity contribution in [3.63, 3.8) is 0 Å². The van der Waals surface area contributed by atoms with Gasteiger partial charge in [-0.15, -0.1) is 0 Å². The number of aromatic nitrogens is 1. The Bertz CT molecular complexity index is 1050. The molecule has 1 aromatic carbocycles. The van der Waals surface area contributed by atoms with Crippen LogP contribution in [0.25, 0.3) is 0 Å². The molecule has 0 spiro atoms. The van der Waals surface area contributed by atoms with Gasteiger partial charge in [0, 0.05) is 62.1 Å². The first-order valence-electron chi connectivity index (χ1n) is 11.6. The lowest BCUT2D eigenvalue weighted by molar-refractivity contribution is 0.122. The number of benzene rings is 1. The number of aliphatic imine (C=N–C) groups is 2. The number of nitrogens with one attached hydrogen (secondary N) is 1. The molecule has 1 aliphatic heterocycles. The first kappa shape index (κ1) is 23.0. The summed E-state index contributed by atoms with van der Waals surface area (Å²) in [5, 5.41) is 3.50. The van der Waals surface area contributed by atoms with Gasteiger partial charge in [-0.1, -0.05) is 0 Å². The van der Waals surface area contributed by atoms with Crippen LogP contribution in [-0.4, -0.2) is 55.9 Å². The molecular weight excluding hydrogens is 418 g/mol. The van der Waals surface area contributed by atoms with Crippen LogP contribution in [0.4, 0.5) is 22.7 Å². The SMILES string of the molecule is C=Nc1c(/N=C\C)cc(N2CCOCC2)cc1O[C@H]1CC[C@@H](Nc2ccn(C)c(=O)c2)CC1. The van der Waals surface area contributed by atoms with Crippen LogP contribution >= 0.6 is 0 Å². The van der Waals surface area contributed by atoms with Crippen LogP contribution in [0.5, 0.6) is 5.75 Å². The van der Waals surface area contributed by atoms with E-state index in [-0.39, 0.29) is 11.7 Å². The van der Waals surface area contributed by atoms with E-state index in [9.17, 15) is 4.79 Å². The van der Waals surface area contributed by atoms with Crippen molar-refractivity contribution in [3.8, 4) is 5.75 Å². The highest BCUT2D eigenvalue weighted by Gasteiger charge is 2.25. The van der Waals surface area contributed by atoms with Crippen molar-refractivity contribution in [3.05, 3.63) is 40.8 Å². The van der Waals surface area contributed by atoms with E-state index in [0.717, 1.165) is 61.6 Å². The van der Waals surface area contributed by atoms with E-state index >= 15 is 0 Å². The number of morpholine rings is 1. The van der Waals surface area contributed by atoms with Gasteiger partial charge < -0.3 is 24.3 Å². The second-order valence-electron chi connectivity index (χ2n) is 8.56. The Labute approximate surface area is 195 Å². The molecule has 2 aromatic rings. The molecule has 0 atom stereocenters. The molecule has 1 aromatic heterocycles. The first-order valence-corrected chi connectivity index (χ1v) is 11.6. The van der Waals surface area contributed by atoms with Crippen LogP contribution in [0.2, 0.25) is 0 Å². The zero-order valence-electron chi connectivity index (χ0n) is 19.5. The van der Waals surface area contributed by atoms with E-state index < -0.39 is 0 Å². The molecule has 0 unspecified atom stereocenters. The molecule has 2 heterocycles. The second-order valence-corrected chi connectivity index (χ2v) is 8.56. The minimum Gasteiger partial charge on any atom is -0.488 e. The van der Waals surface area contributed by atoms with Gasteiger partial charge >= 0.3 is 0 Å². The molecule has 2 aliphatic rings. The zero-order valence-corrected chi connectivity index (χ0v) is 19.5. The van der Waals surface area contributed by atoms with Gasteiger partial charge in [-0.25, -0.2) is 0 Å². The minimum atomic E-state index is -0.00725. The van der Waals surface area contributed by atoms with Crippen LogP contribution in [0.1, 0.15) is 32.6 Å². The highest BCUT2D eigenvalue weighted by Crippen LogP contribution is 2.43. The van der Waals surface area contributed by atoms with Gasteiger partial charge in [0.2, 0.25) is 0 Å². The van der Waals surface area contributed by atoms with Crippen molar-refractivity contribution in [1.82, 2.24) is 4.57 Å². The molecule has 1 saturated heterocycles. The van der Waals surface area contributed by atoms with E-state index in [2.05, 4.69) is 33.0 Å².